The van der Waals surface area contributed by atoms with Crippen LogP contribution in [0.15, 0.2) is 0 Å². The summed E-state index contributed by atoms with van der Waals surface area (Å²) in [5, 5.41) is 0. The van der Waals surface area contributed by atoms with Gasteiger partial charge in [0.05, 0.1) is 18.8 Å². The zero-order valence-electron chi connectivity index (χ0n) is 10.7. The highest BCUT2D eigenvalue weighted by Crippen LogP contribution is 2.30. The summed E-state index contributed by atoms with van der Waals surface area (Å²) in [5.41, 5.74) is 5.58. The Bertz CT molecular complexity index is 270. The van der Waals surface area contributed by atoms with E-state index in [1.165, 1.54) is 6.42 Å². The zero-order valence-corrected chi connectivity index (χ0v) is 10.7. The summed E-state index contributed by atoms with van der Waals surface area (Å²) in [6.45, 7) is 4.25. The summed E-state index contributed by atoms with van der Waals surface area (Å²) in [5.74, 6) is 0.741. The Morgan fingerprint density at radius 3 is 3.12 bits per heavy atom. The van der Waals surface area contributed by atoms with Gasteiger partial charge < -0.3 is 15.4 Å². The van der Waals surface area contributed by atoms with Crippen molar-refractivity contribution >= 4 is 5.91 Å². The second-order valence-electron chi connectivity index (χ2n) is 5.37. The Kier molecular flexibility index (Phi) is 4.40. The number of carbonyl (C=O) groups excluding carboxylic acids is 1. The Morgan fingerprint density at radius 1 is 1.53 bits per heavy atom. The van der Waals surface area contributed by atoms with Gasteiger partial charge in [0.15, 0.2) is 0 Å². The van der Waals surface area contributed by atoms with Gasteiger partial charge in [-0.3, -0.25) is 4.79 Å². The lowest BCUT2D eigenvalue weighted by atomic mass is 10.0. The van der Waals surface area contributed by atoms with Gasteiger partial charge >= 0.3 is 0 Å². The van der Waals surface area contributed by atoms with Gasteiger partial charge in [-0.05, 0) is 38.1 Å². The highest BCUT2D eigenvalue weighted by Gasteiger charge is 2.37. The van der Waals surface area contributed by atoms with E-state index in [-0.39, 0.29) is 0 Å². The maximum absolute atomic E-state index is 12.2. The van der Waals surface area contributed by atoms with Crippen LogP contribution < -0.4 is 5.73 Å². The summed E-state index contributed by atoms with van der Waals surface area (Å²) >= 11 is 0. The smallest absolute Gasteiger partial charge is 0.222 e. The molecule has 0 aromatic rings. The fourth-order valence-corrected chi connectivity index (χ4v) is 2.87. The monoisotopic (exact) mass is 240 g/mol. The van der Waals surface area contributed by atoms with Crippen LogP contribution in [0.3, 0.4) is 0 Å². The number of rotatable bonds is 4. The lowest BCUT2D eigenvalue weighted by Crippen LogP contribution is -2.51. The third-order valence-corrected chi connectivity index (χ3v) is 4.06. The topological polar surface area (TPSA) is 55.6 Å². The molecule has 2 fully saturated rings. The lowest BCUT2D eigenvalue weighted by Gasteiger charge is -2.38. The van der Waals surface area contributed by atoms with Gasteiger partial charge in [0, 0.05) is 13.0 Å². The first kappa shape index (κ1) is 12.8. The molecule has 17 heavy (non-hydrogen) atoms. The van der Waals surface area contributed by atoms with E-state index >= 15 is 0 Å². The molecule has 4 nitrogen and oxygen atoms in total. The molecule has 0 aromatic carbocycles. The third kappa shape index (κ3) is 2.99. The van der Waals surface area contributed by atoms with Gasteiger partial charge in [-0.1, -0.05) is 6.92 Å². The van der Waals surface area contributed by atoms with Crippen molar-refractivity contribution in [1.82, 2.24) is 4.90 Å². The van der Waals surface area contributed by atoms with Gasteiger partial charge in [-0.2, -0.15) is 0 Å². The van der Waals surface area contributed by atoms with E-state index in [9.17, 15) is 4.79 Å². The first-order valence-corrected chi connectivity index (χ1v) is 6.83. The van der Waals surface area contributed by atoms with Crippen molar-refractivity contribution in [2.45, 2.75) is 51.2 Å². The highest BCUT2D eigenvalue weighted by atomic mass is 16.5. The standard InChI is InChI=1S/C13H24N2O2/c1-10(9-14)5-6-13(16)15-7-8-17-12-4-2-3-11(12)15/h10-12H,2-9,14H2,1H3. The van der Waals surface area contributed by atoms with Crippen molar-refractivity contribution in [3.63, 3.8) is 0 Å². The van der Waals surface area contributed by atoms with Gasteiger partial charge in [0.25, 0.3) is 0 Å². The van der Waals surface area contributed by atoms with Crippen molar-refractivity contribution in [2.75, 3.05) is 19.7 Å². The number of nitrogens with two attached hydrogens (primary N) is 1. The van der Waals surface area contributed by atoms with Crippen molar-refractivity contribution in [2.24, 2.45) is 11.7 Å². The first-order valence-electron chi connectivity index (χ1n) is 6.83. The predicted molar refractivity (Wildman–Crippen MR) is 66.5 cm³/mol. The molecule has 2 rings (SSSR count). The van der Waals surface area contributed by atoms with Crippen molar-refractivity contribution in [1.29, 1.82) is 0 Å². The Hall–Kier alpha value is -0.610. The van der Waals surface area contributed by atoms with Crippen LogP contribution in [0.2, 0.25) is 0 Å². The van der Waals surface area contributed by atoms with E-state index in [0.29, 0.717) is 43.5 Å². The highest BCUT2D eigenvalue weighted by molar-refractivity contribution is 5.76. The number of ether oxygens (including phenoxy) is 1. The fourth-order valence-electron chi connectivity index (χ4n) is 2.87. The predicted octanol–water partition coefficient (Wildman–Crippen LogP) is 1.14. The molecule has 1 saturated carbocycles. The van der Waals surface area contributed by atoms with Crippen LogP contribution in [0.4, 0.5) is 0 Å². The second kappa shape index (κ2) is 5.83. The number of nitrogens with zero attached hydrogens (tertiary/aromatic N) is 1. The number of carbonyl (C=O) groups is 1. The van der Waals surface area contributed by atoms with E-state index in [1.807, 2.05) is 0 Å². The van der Waals surface area contributed by atoms with Crippen LogP contribution in [-0.4, -0.2) is 42.6 Å². The van der Waals surface area contributed by atoms with Gasteiger partial charge in [-0.25, -0.2) is 0 Å². The number of fused-ring (bicyclic) bond motifs is 1. The maximum atomic E-state index is 12.2. The molecule has 0 radical (unpaired) electrons. The average Bonchev–Trinajstić information content (AvgIpc) is 2.83. The molecule has 0 spiro atoms. The van der Waals surface area contributed by atoms with Crippen LogP contribution in [0.1, 0.15) is 39.0 Å². The Balaban J connectivity index is 1.85. The molecular weight excluding hydrogens is 216 g/mol. The van der Waals surface area contributed by atoms with E-state index in [4.69, 9.17) is 10.5 Å². The first-order chi connectivity index (χ1) is 8.22. The van der Waals surface area contributed by atoms with Crippen molar-refractivity contribution < 1.29 is 9.53 Å². The number of hydrogen-bond donors (Lipinski definition) is 1. The molecule has 1 aliphatic carbocycles. The van der Waals surface area contributed by atoms with Crippen LogP contribution in [0.5, 0.6) is 0 Å². The van der Waals surface area contributed by atoms with E-state index in [2.05, 4.69) is 11.8 Å². The number of hydrogen-bond acceptors (Lipinski definition) is 3. The summed E-state index contributed by atoms with van der Waals surface area (Å²) in [6.07, 6.45) is 5.28. The molecule has 0 bridgehead atoms. The molecule has 3 atom stereocenters. The van der Waals surface area contributed by atoms with Gasteiger partial charge in [0.1, 0.15) is 0 Å². The molecule has 1 saturated heterocycles. The van der Waals surface area contributed by atoms with E-state index in [1.54, 1.807) is 0 Å². The summed E-state index contributed by atoms with van der Waals surface area (Å²) in [4.78, 5) is 14.3. The fraction of sp³-hybridized carbons (Fsp3) is 0.923. The summed E-state index contributed by atoms with van der Waals surface area (Å²) in [6, 6.07) is 0.351. The van der Waals surface area contributed by atoms with Crippen molar-refractivity contribution in [3.8, 4) is 0 Å². The van der Waals surface area contributed by atoms with Crippen LogP contribution >= 0.6 is 0 Å². The van der Waals surface area contributed by atoms with Crippen LogP contribution in [0.25, 0.3) is 0 Å². The molecule has 1 aliphatic heterocycles. The molecule has 3 unspecified atom stereocenters. The third-order valence-electron chi connectivity index (χ3n) is 4.06. The van der Waals surface area contributed by atoms with Crippen LogP contribution in [-0.2, 0) is 9.53 Å². The zero-order chi connectivity index (χ0) is 12.3. The molecular formula is C13H24N2O2. The molecule has 0 aromatic heterocycles. The minimum Gasteiger partial charge on any atom is -0.374 e. The summed E-state index contributed by atoms with van der Waals surface area (Å²) < 4.78 is 5.72. The molecule has 2 N–H and O–H groups in total. The minimum absolute atomic E-state index is 0.297. The summed E-state index contributed by atoms with van der Waals surface area (Å²) in [7, 11) is 0. The molecule has 2 aliphatic rings. The van der Waals surface area contributed by atoms with Gasteiger partial charge in [-0.15, -0.1) is 0 Å². The Labute approximate surface area is 103 Å². The molecule has 1 amide bonds. The molecule has 98 valence electrons. The number of amides is 1. The second-order valence-corrected chi connectivity index (χ2v) is 5.37. The average molecular weight is 240 g/mol. The number of morpholine rings is 1. The largest absolute Gasteiger partial charge is 0.374 e. The Morgan fingerprint density at radius 2 is 2.35 bits per heavy atom. The lowest BCUT2D eigenvalue weighted by molar-refractivity contribution is -0.144. The van der Waals surface area contributed by atoms with Crippen LogP contribution in [0, 0.1) is 5.92 Å². The minimum atomic E-state index is 0.297. The molecule has 1 heterocycles. The molecule has 4 heteroatoms. The van der Waals surface area contributed by atoms with E-state index in [0.717, 1.165) is 25.8 Å². The maximum Gasteiger partial charge on any atom is 0.222 e. The normalized spacial score (nSPS) is 30.1. The quantitative estimate of drug-likeness (QED) is 0.801. The SMILES string of the molecule is CC(CN)CCC(=O)N1CCOC2CCCC21. The van der Waals surface area contributed by atoms with E-state index < -0.39 is 0 Å². The van der Waals surface area contributed by atoms with Crippen molar-refractivity contribution in [3.05, 3.63) is 0 Å². The van der Waals surface area contributed by atoms with Gasteiger partial charge in [0.2, 0.25) is 5.91 Å².